The largest absolute Gasteiger partial charge is 0.491 e. The van der Waals surface area contributed by atoms with E-state index in [1.165, 1.54) is 0 Å². The van der Waals surface area contributed by atoms with E-state index in [-0.39, 0.29) is 12.0 Å². The molecule has 0 heterocycles. The van der Waals surface area contributed by atoms with Crippen LogP contribution < -0.4 is 20.7 Å². The number of hydrogen-bond donors (Lipinski definition) is 2. The quantitative estimate of drug-likeness (QED) is 0.778. The van der Waals surface area contributed by atoms with E-state index in [1.54, 1.807) is 6.07 Å². The second-order valence-corrected chi connectivity index (χ2v) is 5.62. The molecule has 1 fully saturated rings. The van der Waals surface area contributed by atoms with Gasteiger partial charge < -0.3 is 20.7 Å². The number of benzene rings is 1. The molecule has 5 heteroatoms. The van der Waals surface area contributed by atoms with Crippen LogP contribution in [-0.4, -0.2) is 31.6 Å². The molecule has 0 aliphatic heterocycles. The first-order valence-corrected chi connectivity index (χ1v) is 7.02. The third kappa shape index (κ3) is 4.33. The molecule has 0 unspecified atom stereocenters. The summed E-state index contributed by atoms with van der Waals surface area (Å²) in [6, 6.07) is 5.93. The molecular weight excluding hydrogens is 254 g/mol. The van der Waals surface area contributed by atoms with Crippen molar-refractivity contribution in [3.05, 3.63) is 18.2 Å². The molecule has 0 aromatic heterocycles. The average Bonchev–Trinajstić information content (AvgIpc) is 3.10. The number of anilines is 2. The van der Waals surface area contributed by atoms with Crippen molar-refractivity contribution >= 4 is 17.3 Å². The number of rotatable bonds is 6. The summed E-state index contributed by atoms with van der Waals surface area (Å²) >= 11 is 0. The Morgan fingerprint density at radius 3 is 2.75 bits per heavy atom. The van der Waals surface area contributed by atoms with Gasteiger partial charge in [-0.3, -0.25) is 4.79 Å². The molecule has 0 saturated heterocycles. The van der Waals surface area contributed by atoms with Crippen LogP contribution in [0.5, 0.6) is 5.75 Å². The highest BCUT2D eigenvalue weighted by Crippen LogP contribution is 2.26. The Bertz CT molecular complexity index is 484. The van der Waals surface area contributed by atoms with Gasteiger partial charge in [-0.1, -0.05) is 0 Å². The van der Waals surface area contributed by atoms with Gasteiger partial charge in [0.15, 0.2) is 0 Å². The van der Waals surface area contributed by atoms with Gasteiger partial charge in [0, 0.05) is 36.6 Å². The van der Waals surface area contributed by atoms with E-state index < -0.39 is 0 Å². The zero-order chi connectivity index (χ0) is 14.7. The van der Waals surface area contributed by atoms with Crippen LogP contribution in [0.3, 0.4) is 0 Å². The van der Waals surface area contributed by atoms with Crippen molar-refractivity contribution in [3.63, 3.8) is 0 Å². The molecule has 1 saturated carbocycles. The fourth-order valence-corrected chi connectivity index (χ4v) is 1.97. The number of nitrogens with zero attached hydrogens (tertiary/aromatic N) is 1. The van der Waals surface area contributed by atoms with Crippen LogP contribution in [0.4, 0.5) is 11.4 Å². The Balaban J connectivity index is 2.01. The van der Waals surface area contributed by atoms with Crippen molar-refractivity contribution in [2.24, 2.45) is 0 Å². The van der Waals surface area contributed by atoms with E-state index in [4.69, 9.17) is 10.5 Å². The molecule has 0 radical (unpaired) electrons. The molecule has 5 nitrogen and oxygen atoms in total. The maximum atomic E-state index is 11.8. The van der Waals surface area contributed by atoms with E-state index in [0.29, 0.717) is 18.3 Å². The molecule has 110 valence electrons. The standard InChI is InChI=1S/C15H23N3O2/c1-10(2)20-14-7-11(16)6-13(8-14)18(3)9-15(19)17-12-4-5-12/h6-8,10,12H,4-5,9,16H2,1-3H3,(H,17,19). The van der Waals surface area contributed by atoms with Gasteiger partial charge in [-0.25, -0.2) is 0 Å². The molecular formula is C15H23N3O2. The van der Waals surface area contributed by atoms with Gasteiger partial charge in [0.1, 0.15) is 5.75 Å². The Kier molecular flexibility index (Phi) is 4.37. The predicted octanol–water partition coefficient (Wildman–Crippen LogP) is 1.77. The maximum absolute atomic E-state index is 11.8. The van der Waals surface area contributed by atoms with Crippen LogP contribution >= 0.6 is 0 Å². The molecule has 1 aromatic carbocycles. The topological polar surface area (TPSA) is 67.6 Å². The fraction of sp³-hybridized carbons (Fsp3) is 0.533. The van der Waals surface area contributed by atoms with Gasteiger partial charge in [0.25, 0.3) is 0 Å². The third-order valence-corrected chi connectivity index (χ3v) is 3.05. The zero-order valence-corrected chi connectivity index (χ0v) is 12.3. The van der Waals surface area contributed by atoms with E-state index in [2.05, 4.69) is 5.32 Å². The van der Waals surface area contributed by atoms with Crippen molar-refractivity contribution in [1.82, 2.24) is 5.32 Å². The highest BCUT2D eigenvalue weighted by molar-refractivity contribution is 5.82. The summed E-state index contributed by atoms with van der Waals surface area (Å²) < 4.78 is 5.66. The number of nitrogen functional groups attached to an aromatic ring is 1. The number of likely N-dealkylation sites (N-methyl/N-ethyl adjacent to an activating group) is 1. The Hall–Kier alpha value is -1.91. The fourth-order valence-electron chi connectivity index (χ4n) is 1.97. The molecule has 20 heavy (non-hydrogen) atoms. The van der Waals surface area contributed by atoms with E-state index in [0.717, 1.165) is 24.3 Å². The lowest BCUT2D eigenvalue weighted by Gasteiger charge is -2.21. The number of nitrogens with one attached hydrogen (secondary N) is 1. The van der Waals surface area contributed by atoms with Crippen LogP contribution in [0.25, 0.3) is 0 Å². The number of ether oxygens (including phenoxy) is 1. The van der Waals surface area contributed by atoms with Crippen LogP contribution in [0.2, 0.25) is 0 Å². The number of carbonyl (C=O) groups is 1. The second kappa shape index (κ2) is 6.03. The van der Waals surface area contributed by atoms with E-state index >= 15 is 0 Å². The summed E-state index contributed by atoms with van der Waals surface area (Å²) in [5, 5.41) is 2.97. The summed E-state index contributed by atoms with van der Waals surface area (Å²) in [6.45, 7) is 4.26. The van der Waals surface area contributed by atoms with Gasteiger partial charge >= 0.3 is 0 Å². The van der Waals surface area contributed by atoms with Crippen LogP contribution in [0, 0.1) is 0 Å². The summed E-state index contributed by atoms with van der Waals surface area (Å²) in [5.41, 5.74) is 7.40. The predicted molar refractivity (Wildman–Crippen MR) is 81.1 cm³/mol. The van der Waals surface area contributed by atoms with Crippen molar-refractivity contribution in [1.29, 1.82) is 0 Å². The molecule has 1 aliphatic rings. The second-order valence-electron chi connectivity index (χ2n) is 5.62. The summed E-state index contributed by atoms with van der Waals surface area (Å²) in [7, 11) is 1.88. The molecule has 3 N–H and O–H groups in total. The van der Waals surface area contributed by atoms with Crippen molar-refractivity contribution in [2.75, 3.05) is 24.2 Å². The molecule has 0 bridgehead atoms. The Morgan fingerprint density at radius 1 is 1.45 bits per heavy atom. The molecule has 2 rings (SSSR count). The molecule has 0 atom stereocenters. The normalized spacial score (nSPS) is 14.2. The van der Waals surface area contributed by atoms with Gasteiger partial charge in [-0.2, -0.15) is 0 Å². The first-order valence-electron chi connectivity index (χ1n) is 7.02. The van der Waals surface area contributed by atoms with E-state index in [1.807, 2.05) is 37.9 Å². The minimum atomic E-state index is 0.0451. The number of amides is 1. The third-order valence-electron chi connectivity index (χ3n) is 3.05. The number of hydrogen-bond acceptors (Lipinski definition) is 4. The summed E-state index contributed by atoms with van der Waals surface area (Å²) in [4.78, 5) is 13.7. The lowest BCUT2D eigenvalue weighted by molar-refractivity contribution is -0.119. The summed E-state index contributed by atoms with van der Waals surface area (Å²) in [5.74, 6) is 0.771. The van der Waals surface area contributed by atoms with Crippen molar-refractivity contribution in [3.8, 4) is 5.75 Å². The van der Waals surface area contributed by atoms with Gasteiger partial charge in [-0.15, -0.1) is 0 Å². The lowest BCUT2D eigenvalue weighted by atomic mass is 10.2. The first-order chi connectivity index (χ1) is 9.44. The SMILES string of the molecule is CC(C)Oc1cc(N)cc(N(C)CC(=O)NC2CC2)c1. The van der Waals surface area contributed by atoms with Crippen molar-refractivity contribution in [2.45, 2.75) is 38.8 Å². The minimum Gasteiger partial charge on any atom is -0.491 e. The Morgan fingerprint density at radius 2 is 2.15 bits per heavy atom. The minimum absolute atomic E-state index is 0.0451. The smallest absolute Gasteiger partial charge is 0.239 e. The van der Waals surface area contributed by atoms with Crippen molar-refractivity contribution < 1.29 is 9.53 Å². The molecule has 1 aliphatic carbocycles. The molecule has 1 aromatic rings. The molecule has 1 amide bonds. The monoisotopic (exact) mass is 277 g/mol. The highest BCUT2D eigenvalue weighted by Gasteiger charge is 2.23. The lowest BCUT2D eigenvalue weighted by Crippen LogP contribution is -2.36. The molecule has 0 spiro atoms. The first kappa shape index (κ1) is 14.5. The number of carbonyl (C=O) groups excluding carboxylic acids is 1. The Labute approximate surface area is 120 Å². The zero-order valence-electron chi connectivity index (χ0n) is 12.3. The number of nitrogens with two attached hydrogens (primary N) is 1. The van der Waals surface area contributed by atoms with E-state index in [9.17, 15) is 4.79 Å². The van der Waals surface area contributed by atoms with Gasteiger partial charge in [-0.05, 0) is 32.8 Å². The van der Waals surface area contributed by atoms with Gasteiger partial charge in [0.2, 0.25) is 5.91 Å². The summed E-state index contributed by atoms with van der Waals surface area (Å²) in [6.07, 6.45) is 2.29. The van der Waals surface area contributed by atoms with Crippen LogP contribution in [0.1, 0.15) is 26.7 Å². The highest BCUT2D eigenvalue weighted by atomic mass is 16.5. The average molecular weight is 277 g/mol. The maximum Gasteiger partial charge on any atom is 0.239 e. The van der Waals surface area contributed by atoms with Crippen LogP contribution in [-0.2, 0) is 4.79 Å². The van der Waals surface area contributed by atoms with Gasteiger partial charge in [0.05, 0.1) is 12.6 Å². The van der Waals surface area contributed by atoms with Crippen LogP contribution in [0.15, 0.2) is 18.2 Å².